The maximum atomic E-state index is 6.25. The van der Waals surface area contributed by atoms with Gasteiger partial charge in [-0.1, -0.05) is 86.1 Å². The van der Waals surface area contributed by atoms with Crippen molar-refractivity contribution in [1.82, 2.24) is 15.0 Å². The predicted molar refractivity (Wildman–Crippen MR) is 174 cm³/mol. The van der Waals surface area contributed by atoms with E-state index in [1.165, 1.54) is 11.1 Å². The van der Waals surface area contributed by atoms with E-state index >= 15 is 0 Å². The molecule has 0 aliphatic carbocycles. The molecule has 0 aliphatic rings. The van der Waals surface area contributed by atoms with E-state index < -0.39 is 0 Å². The molecule has 0 saturated heterocycles. The summed E-state index contributed by atoms with van der Waals surface area (Å²) in [6.45, 7) is 6.52. The Labute approximate surface area is 272 Å². The van der Waals surface area contributed by atoms with Gasteiger partial charge in [0, 0.05) is 43.6 Å². The molecule has 0 spiro atoms. The number of hydrogen-bond donors (Lipinski definition) is 0. The van der Waals surface area contributed by atoms with Crippen LogP contribution in [0.1, 0.15) is 30.9 Å². The summed E-state index contributed by atoms with van der Waals surface area (Å²) < 4.78 is 6.25. The third kappa shape index (κ3) is 6.92. The molecule has 0 bridgehead atoms. The Morgan fingerprint density at radius 2 is 1.41 bits per heavy atom. The van der Waals surface area contributed by atoms with E-state index in [0.29, 0.717) is 17.3 Å². The van der Waals surface area contributed by atoms with Gasteiger partial charge in [0.25, 0.3) is 0 Å². The van der Waals surface area contributed by atoms with E-state index in [2.05, 4.69) is 62.2 Å². The van der Waals surface area contributed by atoms with Crippen LogP contribution in [0.25, 0.3) is 56.2 Å². The van der Waals surface area contributed by atoms with Gasteiger partial charge in [-0.05, 0) is 59.1 Å². The maximum Gasteiger partial charge on any atom is 0.216 e. The summed E-state index contributed by atoms with van der Waals surface area (Å²) in [5.41, 5.74) is 10.8. The summed E-state index contributed by atoms with van der Waals surface area (Å²) in [6, 6.07) is 44.8. The fraction of sp³-hybridized carbons (Fsp3) is 0.103. The van der Waals surface area contributed by atoms with Crippen molar-refractivity contribution >= 4 is 11.1 Å². The van der Waals surface area contributed by atoms with Gasteiger partial charge in [-0.2, -0.15) is 0 Å². The molecule has 5 heteroatoms. The molecule has 7 rings (SSSR count). The van der Waals surface area contributed by atoms with E-state index in [9.17, 15) is 0 Å². The molecule has 1 radical (unpaired) electrons. The van der Waals surface area contributed by atoms with E-state index in [1.54, 1.807) is 6.20 Å². The monoisotopic (exact) mass is 750 g/mol. The molecular formula is C39H31IrN3O-2. The first-order valence-electron chi connectivity index (χ1n) is 14.4. The second-order valence-electron chi connectivity index (χ2n) is 10.6. The number of rotatable bonds is 5. The quantitative estimate of drug-likeness (QED) is 0.165. The Hall–Kier alpha value is -4.70. The van der Waals surface area contributed by atoms with Crippen LogP contribution in [0.5, 0.6) is 0 Å². The van der Waals surface area contributed by atoms with Crippen molar-refractivity contribution in [2.75, 3.05) is 0 Å². The Balaban J connectivity index is 0.000000248. The smallest absolute Gasteiger partial charge is 0.216 e. The summed E-state index contributed by atoms with van der Waals surface area (Å²) in [5.74, 6) is 1.02. The first-order valence-corrected chi connectivity index (χ1v) is 14.4. The first kappa shape index (κ1) is 30.7. The fourth-order valence-corrected chi connectivity index (χ4v) is 5.02. The van der Waals surface area contributed by atoms with Gasteiger partial charge in [0.1, 0.15) is 0 Å². The van der Waals surface area contributed by atoms with Crippen LogP contribution in [-0.2, 0) is 20.1 Å². The summed E-state index contributed by atoms with van der Waals surface area (Å²) in [7, 11) is 0. The van der Waals surface area contributed by atoms with Crippen molar-refractivity contribution < 1.29 is 24.5 Å². The van der Waals surface area contributed by atoms with Crippen molar-refractivity contribution in [3.05, 3.63) is 151 Å². The van der Waals surface area contributed by atoms with Gasteiger partial charge in [0.15, 0.2) is 0 Å². The van der Waals surface area contributed by atoms with Crippen LogP contribution in [0.3, 0.4) is 0 Å². The Kier molecular flexibility index (Phi) is 9.91. The largest absolute Gasteiger partial charge is 0.484 e. The van der Waals surface area contributed by atoms with Crippen molar-refractivity contribution in [1.29, 1.82) is 0 Å². The van der Waals surface area contributed by atoms with Crippen molar-refractivity contribution in [2.45, 2.75) is 26.7 Å². The van der Waals surface area contributed by atoms with Crippen LogP contribution in [0.2, 0.25) is 0 Å². The fourth-order valence-electron chi connectivity index (χ4n) is 5.02. The molecule has 4 nitrogen and oxygen atoms in total. The van der Waals surface area contributed by atoms with Crippen LogP contribution < -0.4 is 0 Å². The van der Waals surface area contributed by atoms with Gasteiger partial charge in [-0.25, -0.2) is 4.98 Å². The second kappa shape index (κ2) is 14.2. The average molecular weight is 750 g/mol. The first-order chi connectivity index (χ1) is 21.1. The molecule has 219 valence electrons. The van der Waals surface area contributed by atoms with Gasteiger partial charge in [0.05, 0.1) is 5.58 Å². The van der Waals surface area contributed by atoms with Crippen molar-refractivity contribution in [2.24, 2.45) is 0 Å². The number of benzene rings is 4. The minimum absolute atomic E-state index is 0. The van der Waals surface area contributed by atoms with Crippen molar-refractivity contribution in [3.8, 4) is 45.1 Å². The van der Waals surface area contributed by atoms with Crippen molar-refractivity contribution in [3.63, 3.8) is 0 Å². The topological polar surface area (TPSA) is 51.8 Å². The Morgan fingerprint density at radius 3 is 2.07 bits per heavy atom. The van der Waals surface area contributed by atoms with Gasteiger partial charge in [-0.3, -0.25) is 0 Å². The standard InChI is InChI=1S/C28H23N2O.C11H8N.Ir/c1-18(2)23-16-25(29-17-19(23)3)22-14-24(20-10-6-4-7-11-20)27-26(15-22)30-28(31-27)21-12-8-5-9-13-21;1-2-6-10(7-3-1)11-8-4-5-9-12-11;/h4-14,16-18H,1-3H3;1-6,8-9H;/q2*-1;. The average Bonchev–Trinajstić information content (AvgIpc) is 3.51. The minimum atomic E-state index is 0. The zero-order valence-corrected chi connectivity index (χ0v) is 27.2. The van der Waals surface area contributed by atoms with Crippen LogP contribution in [0, 0.1) is 19.1 Å². The number of pyridine rings is 2. The van der Waals surface area contributed by atoms with Gasteiger partial charge >= 0.3 is 0 Å². The summed E-state index contributed by atoms with van der Waals surface area (Å²) in [6.07, 6.45) is 3.74. The van der Waals surface area contributed by atoms with E-state index in [0.717, 1.165) is 44.8 Å². The molecular weight excluding hydrogens is 719 g/mol. The molecule has 3 aromatic heterocycles. The zero-order chi connectivity index (χ0) is 29.6. The SMILES string of the molecule is Cc1cnc(-c2[c-]c3nc(-c4ccccc4)oc3c(-c3ccccc3)c2)cc1C(C)C.[Ir].[c-]1ccccc1-c1ccccn1. The molecule has 7 aromatic rings. The van der Waals surface area contributed by atoms with E-state index in [1.807, 2.05) is 97.2 Å². The van der Waals surface area contributed by atoms with Gasteiger partial charge in [0.2, 0.25) is 5.89 Å². The minimum Gasteiger partial charge on any atom is -0.484 e. The summed E-state index contributed by atoms with van der Waals surface area (Å²) >= 11 is 0. The number of oxazole rings is 1. The molecule has 0 aliphatic heterocycles. The maximum absolute atomic E-state index is 6.25. The number of nitrogens with zero attached hydrogens (tertiary/aromatic N) is 3. The number of aryl methyl sites for hydroxylation is 1. The molecule has 0 N–H and O–H groups in total. The number of fused-ring (bicyclic) bond motifs is 1. The molecule has 0 atom stereocenters. The van der Waals surface area contributed by atoms with E-state index in [4.69, 9.17) is 14.4 Å². The van der Waals surface area contributed by atoms with E-state index in [-0.39, 0.29) is 20.1 Å². The van der Waals surface area contributed by atoms with Gasteiger partial charge in [-0.15, -0.1) is 53.6 Å². The molecule has 0 saturated carbocycles. The number of aromatic nitrogens is 3. The van der Waals surface area contributed by atoms with Crippen LogP contribution in [0.4, 0.5) is 0 Å². The Morgan fingerprint density at radius 1 is 0.705 bits per heavy atom. The third-order valence-electron chi connectivity index (χ3n) is 7.21. The molecule has 3 heterocycles. The predicted octanol–water partition coefficient (Wildman–Crippen LogP) is 10.0. The van der Waals surface area contributed by atoms with Crippen LogP contribution in [-0.4, -0.2) is 15.0 Å². The van der Waals surface area contributed by atoms with Crippen LogP contribution in [0.15, 0.2) is 132 Å². The Bertz CT molecular complexity index is 1900. The van der Waals surface area contributed by atoms with Crippen LogP contribution >= 0.6 is 0 Å². The molecule has 0 unspecified atom stereocenters. The normalized spacial score (nSPS) is 10.6. The molecule has 0 amide bonds. The third-order valence-corrected chi connectivity index (χ3v) is 7.21. The molecule has 4 aromatic carbocycles. The zero-order valence-electron chi connectivity index (χ0n) is 24.8. The summed E-state index contributed by atoms with van der Waals surface area (Å²) in [4.78, 5) is 13.7. The molecule has 0 fully saturated rings. The molecule has 44 heavy (non-hydrogen) atoms. The second-order valence-corrected chi connectivity index (χ2v) is 10.6. The summed E-state index contributed by atoms with van der Waals surface area (Å²) in [5, 5.41) is 0. The number of hydrogen-bond acceptors (Lipinski definition) is 4. The van der Waals surface area contributed by atoms with Gasteiger partial charge < -0.3 is 14.4 Å².